The van der Waals surface area contributed by atoms with Crippen molar-refractivity contribution in [2.75, 3.05) is 34.0 Å². The van der Waals surface area contributed by atoms with E-state index in [1.807, 2.05) is 13.8 Å². The number of carbonyl (C=O) groups is 1. The first-order valence-electron chi connectivity index (χ1n) is 11.7. The van der Waals surface area contributed by atoms with Crippen LogP contribution in [0.5, 0.6) is 5.75 Å². The number of methoxy groups -OCH3 is 1. The maximum atomic E-state index is 13.4. The molecule has 2 aromatic rings. The number of amides is 1. The Morgan fingerprint density at radius 3 is 2.58 bits per heavy atom. The predicted octanol–water partition coefficient (Wildman–Crippen LogP) is 1.72. The Morgan fingerprint density at radius 2 is 2.03 bits per heavy atom. The van der Waals surface area contributed by atoms with Gasteiger partial charge in [0, 0.05) is 32.7 Å². The molecular formula is C24H38FN7O4. The quantitative estimate of drug-likeness (QED) is 0.189. The lowest BCUT2D eigenvalue weighted by atomic mass is 10.0. The van der Waals surface area contributed by atoms with Gasteiger partial charge in [-0.3, -0.25) is 4.79 Å². The molecule has 0 bridgehead atoms. The van der Waals surface area contributed by atoms with Gasteiger partial charge in [-0.2, -0.15) is 0 Å². The highest BCUT2D eigenvalue weighted by Gasteiger charge is 2.13. The highest BCUT2D eigenvalue weighted by molar-refractivity contribution is 5.99. The number of hydrazone groups is 1. The number of ether oxygens (including phenoxy) is 2. The van der Waals surface area contributed by atoms with Gasteiger partial charge in [-0.1, -0.05) is 19.9 Å². The number of benzene rings is 1. The Kier molecular flexibility index (Phi) is 13.9. The van der Waals surface area contributed by atoms with Crippen molar-refractivity contribution in [1.29, 1.82) is 0 Å². The van der Waals surface area contributed by atoms with Crippen molar-refractivity contribution >= 4 is 11.7 Å². The number of aryl methyl sites for hydroxylation is 1. The van der Waals surface area contributed by atoms with E-state index in [2.05, 4.69) is 20.4 Å². The molecule has 0 saturated carbocycles. The monoisotopic (exact) mass is 507 g/mol. The van der Waals surface area contributed by atoms with E-state index in [1.165, 1.54) is 32.4 Å². The van der Waals surface area contributed by atoms with Crippen LogP contribution in [0.25, 0.3) is 0 Å². The average molecular weight is 508 g/mol. The topological polar surface area (TPSA) is 161 Å². The molecule has 2 heterocycles. The molecule has 0 spiro atoms. The van der Waals surface area contributed by atoms with Crippen molar-refractivity contribution in [2.24, 2.45) is 22.6 Å². The highest BCUT2D eigenvalue weighted by atomic mass is 19.1. The fourth-order valence-corrected chi connectivity index (χ4v) is 3.07. The summed E-state index contributed by atoms with van der Waals surface area (Å²) in [6.07, 6.45) is 2.25. The second-order valence-electron chi connectivity index (χ2n) is 7.66. The van der Waals surface area contributed by atoms with Crippen molar-refractivity contribution in [3.63, 3.8) is 0 Å². The van der Waals surface area contributed by atoms with Gasteiger partial charge in [0.05, 0.1) is 13.7 Å². The van der Waals surface area contributed by atoms with Crippen LogP contribution in [0.4, 0.5) is 4.39 Å². The van der Waals surface area contributed by atoms with Crippen LogP contribution in [0.15, 0.2) is 29.4 Å². The molecule has 11 nitrogen and oxygen atoms in total. The molecule has 1 aliphatic rings. The molecule has 200 valence electrons. The van der Waals surface area contributed by atoms with Gasteiger partial charge in [0.15, 0.2) is 17.4 Å². The summed E-state index contributed by atoms with van der Waals surface area (Å²) in [6, 6.07) is 5.74. The normalized spacial score (nSPS) is 15.0. The van der Waals surface area contributed by atoms with Gasteiger partial charge in [-0.05, 0) is 43.5 Å². The molecule has 36 heavy (non-hydrogen) atoms. The van der Waals surface area contributed by atoms with Gasteiger partial charge < -0.3 is 25.6 Å². The molecule has 1 fully saturated rings. The molecular weight excluding hydrogens is 469 g/mol. The Balaban J connectivity index is 0.000000543. The van der Waals surface area contributed by atoms with E-state index in [0.717, 1.165) is 31.2 Å². The molecule has 0 radical (unpaired) electrons. The highest BCUT2D eigenvalue weighted by Crippen LogP contribution is 2.18. The molecule has 1 atom stereocenters. The number of hydrogen-bond donors (Lipinski definition) is 4. The third-order valence-corrected chi connectivity index (χ3v) is 4.78. The lowest BCUT2D eigenvalue weighted by Gasteiger charge is -2.18. The molecule has 0 unspecified atom stereocenters. The van der Waals surface area contributed by atoms with Gasteiger partial charge in [-0.25, -0.2) is 25.3 Å². The van der Waals surface area contributed by atoms with Crippen molar-refractivity contribution in [3.8, 4) is 5.75 Å². The van der Waals surface area contributed by atoms with Crippen molar-refractivity contribution in [3.05, 3.63) is 52.9 Å². The van der Waals surface area contributed by atoms with Gasteiger partial charge in [0.1, 0.15) is 17.2 Å². The zero-order valence-corrected chi connectivity index (χ0v) is 21.6. The standard InChI is InChI=1S/C16H20FN7O2.C6H12O2.C2H6/c1-9-21-12(15(18)23-24(2)19)7-13(22-9)16(25)20-8-10-4-5-11(17)14(6-10)26-3;7-4-6-2-1-3-8-5-6;1-2/h4-7H,8,19H2,1-3H3,(H2,18,23)(H,20,25);6-7H,1-5H2;1-2H3/t;6-;/m.1./s1. The number of nitrogens with two attached hydrogens (primary N) is 2. The third kappa shape index (κ3) is 10.5. The minimum Gasteiger partial charge on any atom is -0.494 e. The Bertz CT molecular complexity index is 983. The minimum absolute atomic E-state index is 0.0535. The van der Waals surface area contributed by atoms with Gasteiger partial charge >= 0.3 is 0 Å². The number of nitrogens with zero attached hydrogens (tertiary/aromatic N) is 4. The van der Waals surface area contributed by atoms with E-state index < -0.39 is 11.7 Å². The summed E-state index contributed by atoms with van der Waals surface area (Å²) in [4.78, 5) is 20.6. The molecule has 1 aromatic carbocycles. The van der Waals surface area contributed by atoms with Crippen LogP contribution >= 0.6 is 0 Å². The summed E-state index contributed by atoms with van der Waals surface area (Å²) < 4.78 is 23.5. The minimum atomic E-state index is -0.474. The number of aromatic nitrogens is 2. The van der Waals surface area contributed by atoms with Crippen LogP contribution in [0.1, 0.15) is 54.3 Å². The lowest BCUT2D eigenvalue weighted by Crippen LogP contribution is -2.28. The van der Waals surface area contributed by atoms with Crippen LogP contribution in [0.3, 0.4) is 0 Å². The summed E-state index contributed by atoms with van der Waals surface area (Å²) in [5.41, 5.74) is 6.88. The van der Waals surface area contributed by atoms with Crippen LogP contribution < -0.4 is 21.6 Å². The third-order valence-electron chi connectivity index (χ3n) is 4.78. The fourth-order valence-electron chi connectivity index (χ4n) is 3.07. The van der Waals surface area contributed by atoms with E-state index in [4.69, 9.17) is 26.2 Å². The second kappa shape index (κ2) is 16.3. The SMILES string of the molecule is CC.COc1cc(CNC(=O)c2cc(/C(N)=N/N(C)N)nc(C)n2)ccc1F.OC[C@H]1CCCOC1. The summed E-state index contributed by atoms with van der Waals surface area (Å²) in [7, 11) is 2.88. The Morgan fingerprint density at radius 1 is 1.33 bits per heavy atom. The largest absolute Gasteiger partial charge is 0.494 e. The van der Waals surface area contributed by atoms with Crippen molar-refractivity contribution in [2.45, 2.75) is 40.2 Å². The van der Waals surface area contributed by atoms with E-state index in [0.29, 0.717) is 23.9 Å². The van der Waals surface area contributed by atoms with Crippen LogP contribution in [0, 0.1) is 18.7 Å². The second-order valence-corrected chi connectivity index (χ2v) is 7.66. The van der Waals surface area contributed by atoms with Gasteiger partial charge in [-0.15, -0.1) is 5.10 Å². The number of amidine groups is 1. The van der Waals surface area contributed by atoms with Crippen LogP contribution in [-0.4, -0.2) is 65.9 Å². The molecule has 1 saturated heterocycles. The van der Waals surface area contributed by atoms with Crippen LogP contribution in [-0.2, 0) is 11.3 Å². The molecule has 3 rings (SSSR count). The molecule has 1 amide bonds. The molecule has 1 aliphatic heterocycles. The number of rotatable bonds is 7. The number of carbonyl (C=O) groups excluding carboxylic acids is 1. The Hall–Kier alpha value is -3.35. The Labute approximate surface area is 211 Å². The molecule has 0 aliphatic carbocycles. The summed E-state index contributed by atoms with van der Waals surface area (Å²) in [6.45, 7) is 7.74. The first-order chi connectivity index (χ1) is 17.2. The zero-order valence-electron chi connectivity index (χ0n) is 21.6. The zero-order chi connectivity index (χ0) is 27.1. The number of hydrogen-bond acceptors (Lipinski definition) is 9. The molecule has 6 N–H and O–H groups in total. The smallest absolute Gasteiger partial charge is 0.270 e. The number of halogens is 1. The first kappa shape index (κ1) is 30.7. The maximum absolute atomic E-state index is 13.4. The van der Waals surface area contributed by atoms with Crippen molar-refractivity contribution < 1.29 is 23.8 Å². The summed E-state index contributed by atoms with van der Waals surface area (Å²) in [5, 5.41) is 16.2. The van der Waals surface area contributed by atoms with Gasteiger partial charge in [0.25, 0.3) is 5.91 Å². The van der Waals surface area contributed by atoms with E-state index in [-0.39, 0.29) is 29.5 Å². The number of nitrogens with one attached hydrogen (secondary N) is 1. The maximum Gasteiger partial charge on any atom is 0.270 e. The predicted molar refractivity (Wildman–Crippen MR) is 136 cm³/mol. The first-order valence-corrected chi connectivity index (χ1v) is 11.7. The number of aliphatic hydroxyl groups excluding tert-OH is 1. The summed E-state index contributed by atoms with van der Waals surface area (Å²) >= 11 is 0. The average Bonchev–Trinajstić information content (AvgIpc) is 2.89. The van der Waals surface area contributed by atoms with Crippen LogP contribution in [0.2, 0.25) is 0 Å². The number of hydrazine groups is 1. The summed E-state index contributed by atoms with van der Waals surface area (Å²) in [5.74, 6) is 5.44. The fraction of sp³-hybridized carbons (Fsp3) is 0.500. The molecule has 1 aromatic heterocycles. The molecule has 12 heteroatoms. The number of aliphatic hydroxyl groups is 1. The van der Waals surface area contributed by atoms with Crippen molar-refractivity contribution in [1.82, 2.24) is 20.4 Å². The van der Waals surface area contributed by atoms with Gasteiger partial charge in [0.2, 0.25) is 0 Å². The van der Waals surface area contributed by atoms with E-state index in [9.17, 15) is 9.18 Å². The lowest BCUT2D eigenvalue weighted by molar-refractivity contribution is 0.0304. The van der Waals surface area contributed by atoms with E-state index in [1.54, 1.807) is 13.0 Å². The van der Waals surface area contributed by atoms with E-state index >= 15 is 0 Å².